The Bertz CT molecular complexity index is 522. The first kappa shape index (κ1) is 14.5. The van der Waals surface area contributed by atoms with E-state index in [-0.39, 0.29) is 0 Å². The molecule has 21 heavy (non-hydrogen) atoms. The molecule has 1 fully saturated rings. The molecule has 0 aliphatic carbocycles. The summed E-state index contributed by atoms with van der Waals surface area (Å²) < 4.78 is 11.2. The third kappa shape index (κ3) is 3.10. The van der Waals surface area contributed by atoms with Gasteiger partial charge in [-0.15, -0.1) is 0 Å². The summed E-state index contributed by atoms with van der Waals surface area (Å²) in [5.74, 6) is 2.37. The van der Waals surface area contributed by atoms with Gasteiger partial charge in [0.15, 0.2) is 11.5 Å². The lowest BCUT2D eigenvalue weighted by Gasteiger charge is -2.27. The van der Waals surface area contributed by atoms with Crippen LogP contribution in [0.25, 0.3) is 0 Å². The first-order chi connectivity index (χ1) is 9.93. The lowest BCUT2D eigenvalue weighted by molar-refractivity contribution is 0.171. The predicted molar refractivity (Wildman–Crippen MR) is 84.7 cm³/mol. The summed E-state index contributed by atoms with van der Waals surface area (Å²) in [7, 11) is 0. The van der Waals surface area contributed by atoms with E-state index in [1.165, 1.54) is 6.42 Å². The van der Waals surface area contributed by atoms with Crippen molar-refractivity contribution in [1.82, 2.24) is 4.90 Å². The maximum absolute atomic E-state index is 6.18. The predicted octanol–water partition coefficient (Wildman–Crippen LogP) is 2.91. The maximum Gasteiger partial charge on any atom is 0.163 e. The number of likely N-dealkylation sites (tertiary alicyclic amines) is 1. The van der Waals surface area contributed by atoms with E-state index >= 15 is 0 Å². The molecule has 1 atom stereocenters. The molecule has 1 saturated heterocycles. The molecule has 1 aromatic carbocycles. The zero-order chi connectivity index (χ0) is 15.0. The van der Waals surface area contributed by atoms with E-state index in [1.54, 1.807) is 0 Å². The second-order valence-corrected chi connectivity index (χ2v) is 7.28. The third-order valence-corrected chi connectivity index (χ3v) is 4.70. The summed E-state index contributed by atoms with van der Waals surface area (Å²) in [4.78, 5) is 2.50. The summed E-state index contributed by atoms with van der Waals surface area (Å²) in [5.41, 5.74) is 8.51. The Morgan fingerprint density at radius 3 is 2.48 bits per heavy atom. The summed E-state index contributed by atoms with van der Waals surface area (Å²) in [5, 5.41) is 0. The van der Waals surface area contributed by atoms with Gasteiger partial charge in [0.05, 0.1) is 0 Å². The largest absolute Gasteiger partial charge is 0.486 e. The molecule has 2 heterocycles. The molecule has 1 unspecified atom stereocenters. The minimum Gasteiger partial charge on any atom is -0.486 e. The van der Waals surface area contributed by atoms with Crippen LogP contribution in [0.4, 0.5) is 5.69 Å². The van der Waals surface area contributed by atoms with Crippen molar-refractivity contribution >= 4 is 5.69 Å². The quantitative estimate of drug-likeness (QED) is 0.851. The molecule has 3 rings (SSSR count). The van der Waals surface area contributed by atoms with Gasteiger partial charge in [-0.2, -0.15) is 0 Å². The van der Waals surface area contributed by atoms with Crippen LogP contribution in [-0.4, -0.2) is 31.2 Å². The Kier molecular flexibility index (Phi) is 3.74. The van der Waals surface area contributed by atoms with Crippen molar-refractivity contribution in [3.8, 4) is 11.5 Å². The highest BCUT2D eigenvalue weighted by atomic mass is 16.6. The fourth-order valence-corrected chi connectivity index (χ4v) is 3.21. The fraction of sp³-hybridized carbons (Fsp3) is 0.647. The van der Waals surface area contributed by atoms with Gasteiger partial charge in [-0.1, -0.05) is 20.8 Å². The number of nitrogen functional groups attached to an aromatic ring is 1. The van der Waals surface area contributed by atoms with E-state index in [0.717, 1.165) is 48.3 Å². The van der Waals surface area contributed by atoms with Crippen LogP contribution < -0.4 is 15.2 Å². The van der Waals surface area contributed by atoms with Crippen molar-refractivity contribution in [2.45, 2.75) is 33.7 Å². The van der Waals surface area contributed by atoms with Crippen molar-refractivity contribution < 1.29 is 9.47 Å². The van der Waals surface area contributed by atoms with E-state index in [9.17, 15) is 0 Å². The highest BCUT2D eigenvalue weighted by molar-refractivity contribution is 5.58. The SMILES string of the molecule is CC(C)(C)C1CCN(Cc2cc3c(cc2N)OCCO3)C1. The molecule has 2 aliphatic rings. The third-order valence-electron chi connectivity index (χ3n) is 4.70. The molecule has 0 aromatic heterocycles. The number of fused-ring (bicyclic) bond motifs is 1. The minimum absolute atomic E-state index is 0.382. The van der Waals surface area contributed by atoms with Crippen LogP contribution in [0.1, 0.15) is 32.8 Å². The Morgan fingerprint density at radius 2 is 1.86 bits per heavy atom. The Morgan fingerprint density at radius 1 is 1.19 bits per heavy atom. The van der Waals surface area contributed by atoms with Gasteiger partial charge < -0.3 is 15.2 Å². The molecule has 4 nitrogen and oxygen atoms in total. The van der Waals surface area contributed by atoms with Gasteiger partial charge >= 0.3 is 0 Å². The summed E-state index contributed by atoms with van der Waals surface area (Å²) >= 11 is 0. The molecule has 0 amide bonds. The van der Waals surface area contributed by atoms with E-state index in [2.05, 4.69) is 25.7 Å². The Hall–Kier alpha value is -1.42. The summed E-state index contributed by atoms with van der Waals surface area (Å²) in [6.45, 7) is 11.4. The van der Waals surface area contributed by atoms with Crippen LogP contribution >= 0.6 is 0 Å². The number of nitrogens with two attached hydrogens (primary N) is 1. The zero-order valence-corrected chi connectivity index (χ0v) is 13.3. The van der Waals surface area contributed by atoms with Crippen LogP contribution in [0.15, 0.2) is 12.1 Å². The van der Waals surface area contributed by atoms with Gasteiger partial charge in [0.1, 0.15) is 13.2 Å². The molecule has 4 heteroatoms. The molecule has 0 spiro atoms. The number of anilines is 1. The van der Waals surface area contributed by atoms with Gasteiger partial charge in [0.25, 0.3) is 0 Å². The molecule has 0 bridgehead atoms. The maximum atomic E-state index is 6.18. The standard InChI is InChI=1S/C17H26N2O2/c1-17(2,3)13-4-5-19(11-13)10-12-8-15-16(9-14(12)18)21-7-6-20-15/h8-9,13H,4-7,10-11,18H2,1-3H3. The first-order valence-corrected chi connectivity index (χ1v) is 7.84. The van der Waals surface area contributed by atoms with E-state index in [0.29, 0.717) is 18.6 Å². The van der Waals surface area contributed by atoms with Crippen molar-refractivity contribution in [3.63, 3.8) is 0 Å². The molecular formula is C17H26N2O2. The topological polar surface area (TPSA) is 47.7 Å². The number of ether oxygens (including phenoxy) is 2. The molecule has 0 radical (unpaired) electrons. The van der Waals surface area contributed by atoms with E-state index < -0.39 is 0 Å². The average molecular weight is 290 g/mol. The van der Waals surface area contributed by atoms with Crippen molar-refractivity contribution in [1.29, 1.82) is 0 Å². The van der Waals surface area contributed by atoms with Gasteiger partial charge in [-0.3, -0.25) is 4.90 Å². The van der Waals surface area contributed by atoms with E-state index in [1.807, 2.05) is 12.1 Å². The molecule has 1 aromatic rings. The normalized spacial score (nSPS) is 22.5. The zero-order valence-electron chi connectivity index (χ0n) is 13.3. The second-order valence-electron chi connectivity index (χ2n) is 7.28. The monoisotopic (exact) mass is 290 g/mol. The molecular weight excluding hydrogens is 264 g/mol. The van der Waals surface area contributed by atoms with Gasteiger partial charge in [0.2, 0.25) is 0 Å². The lowest BCUT2D eigenvalue weighted by atomic mass is 9.80. The number of hydrogen-bond donors (Lipinski definition) is 1. The number of hydrogen-bond acceptors (Lipinski definition) is 4. The average Bonchev–Trinajstić information content (AvgIpc) is 2.88. The molecule has 2 N–H and O–H groups in total. The van der Waals surface area contributed by atoms with Gasteiger partial charge in [-0.05, 0) is 35.9 Å². The summed E-state index contributed by atoms with van der Waals surface area (Å²) in [6.07, 6.45) is 1.27. The van der Waals surface area contributed by atoms with Crippen molar-refractivity contribution in [2.75, 3.05) is 32.0 Å². The number of rotatable bonds is 2. The van der Waals surface area contributed by atoms with Gasteiger partial charge in [-0.25, -0.2) is 0 Å². The highest BCUT2D eigenvalue weighted by Crippen LogP contribution is 2.37. The molecule has 116 valence electrons. The van der Waals surface area contributed by atoms with Crippen LogP contribution in [-0.2, 0) is 6.54 Å². The van der Waals surface area contributed by atoms with Crippen LogP contribution in [0.3, 0.4) is 0 Å². The highest BCUT2D eigenvalue weighted by Gasteiger charge is 2.32. The second kappa shape index (κ2) is 5.41. The number of nitrogens with zero attached hydrogens (tertiary/aromatic N) is 1. The molecule has 2 aliphatic heterocycles. The van der Waals surface area contributed by atoms with Crippen molar-refractivity contribution in [3.05, 3.63) is 17.7 Å². The lowest BCUT2D eigenvalue weighted by Crippen LogP contribution is -2.26. The Balaban J connectivity index is 1.71. The number of benzene rings is 1. The smallest absolute Gasteiger partial charge is 0.163 e. The van der Waals surface area contributed by atoms with Crippen molar-refractivity contribution in [2.24, 2.45) is 11.3 Å². The van der Waals surface area contributed by atoms with Crippen LogP contribution in [0, 0.1) is 11.3 Å². The van der Waals surface area contributed by atoms with Crippen LogP contribution in [0.5, 0.6) is 11.5 Å². The first-order valence-electron chi connectivity index (χ1n) is 7.84. The summed E-state index contributed by atoms with van der Waals surface area (Å²) in [6, 6.07) is 3.95. The molecule has 0 saturated carbocycles. The minimum atomic E-state index is 0.382. The van der Waals surface area contributed by atoms with Crippen LogP contribution in [0.2, 0.25) is 0 Å². The van der Waals surface area contributed by atoms with E-state index in [4.69, 9.17) is 15.2 Å². The Labute approximate surface area is 127 Å². The van der Waals surface area contributed by atoms with Gasteiger partial charge in [0, 0.05) is 24.8 Å². The fourth-order valence-electron chi connectivity index (χ4n) is 3.21.